The SMILES string of the molecule is c1ccc(-c2ccc(N(c3ccc4c(c3)oc3ccc(-n5c6ccccc6c6ccccc65)cc34)c3ccc4c(c3)oc3ccc(-n5c6ccccc6c6ccccc65)cc34)cc2)cc1. The Labute approximate surface area is 372 Å². The lowest BCUT2D eigenvalue weighted by Crippen LogP contribution is -2.09. The Morgan fingerprint density at radius 3 is 1.09 bits per heavy atom. The van der Waals surface area contributed by atoms with E-state index in [0.29, 0.717) is 0 Å². The van der Waals surface area contributed by atoms with E-state index in [0.717, 1.165) is 77.9 Å². The van der Waals surface area contributed by atoms with Crippen LogP contribution >= 0.6 is 0 Å². The first-order valence-electron chi connectivity index (χ1n) is 22.1. The number of fused-ring (bicyclic) bond motifs is 12. The van der Waals surface area contributed by atoms with Crippen LogP contribution in [-0.2, 0) is 0 Å². The summed E-state index contributed by atoms with van der Waals surface area (Å²) in [5.74, 6) is 0. The predicted molar refractivity (Wildman–Crippen MR) is 270 cm³/mol. The van der Waals surface area contributed by atoms with Crippen LogP contribution in [0.25, 0.3) is 110 Å². The van der Waals surface area contributed by atoms with Gasteiger partial charge in [-0.1, -0.05) is 115 Å². The summed E-state index contributed by atoms with van der Waals surface area (Å²) in [6.07, 6.45) is 0. The second kappa shape index (κ2) is 13.9. The van der Waals surface area contributed by atoms with Crippen LogP contribution in [0.1, 0.15) is 0 Å². The molecule has 10 aromatic carbocycles. The smallest absolute Gasteiger partial charge is 0.137 e. The fourth-order valence-corrected chi connectivity index (χ4v) is 10.3. The lowest BCUT2D eigenvalue weighted by Gasteiger charge is -2.25. The molecule has 14 rings (SSSR count). The number of benzene rings is 10. The van der Waals surface area contributed by atoms with E-state index in [2.05, 4.69) is 238 Å². The van der Waals surface area contributed by atoms with Crippen LogP contribution in [0.2, 0.25) is 0 Å². The second-order valence-corrected chi connectivity index (χ2v) is 16.9. The maximum atomic E-state index is 6.69. The fourth-order valence-electron chi connectivity index (χ4n) is 10.3. The van der Waals surface area contributed by atoms with Gasteiger partial charge in [-0.25, -0.2) is 0 Å². The molecule has 0 radical (unpaired) electrons. The lowest BCUT2D eigenvalue weighted by molar-refractivity contribution is 0.669. The molecule has 4 heterocycles. The Balaban J connectivity index is 0.904. The third-order valence-corrected chi connectivity index (χ3v) is 13.3. The number of rotatable bonds is 6. The summed E-state index contributed by atoms with van der Waals surface area (Å²) in [6, 6.07) is 80.1. The van der Waals surface area contributed by atoms with Crippen molar-refractivity contribution in [3.05, 3.63) is 224 Å². The van der Waals surface area contributed by atoms with Gasteiger partial charge in [0, 0.05) is 83.7 Å². The van der Waals surface area contributed by atoms with Crippen LogP contribution in [-0.4, -0.2) is 9.13 Å². The minimum atomic E-state index is 0.824. The number of para-hydroxylation sites is 4. The van der Waals surface area contributed by atoms with Crippen molar-refractivity contribution in [2.75, 3.05) is 4.90 Å². The highest BCUT2D eigenvalue weighted by Crippen LogP contribution is 2.43. The largest absolute Gasteiger partial charge is 0.456 e. The molecule has 0 aliphatic carbocycles. The molecular formula is C60H37N3O2. The molecule has 0 saturated heterocycles. The molecule has 0 N–H and O–H groups in total. The second-order valence-electron chi connectivity index (χ2n) is 16.9. The molecule has 5 heteroatoms. The van der Waals surface area contributed by atoms with Crippen molar-refractivity contribution < 1.29 is 8.83 Å². The first-order valence-corrected chi connectivity index (χ1v) is 22.1. The first kappa shape index (κ1) is 35.8. The van der Waals surface area contributed by atoms with Gasteiger partial charge in [0.25, 0.3) is 0 Å². The van der Waals surface area contributed by atoms with Crippen LogP contribution in [0, 0.1) is 0 Å². The van der Waals surface area contributed by atoms with Gasteiger partial charge in [-0.15, -0.1) is 0 Å². The highest BCUT2D eigenvalue weighted by Gasteiger charge is 2.20. The van der Waals surface area contributed by atoms with Crippen molar-refractivity contribution in [1.82, 2.24) is 9.13 Å². The van der Waals surface area contributed by atoms with Gasteiger partial charge in [-0.3, -0.25) is 0 Å². The molecule has 0 bridgehead atoms. The van der Waals surface area contributed by atoms with E-state index in [1.54, 1.807) is 0 Å². The number of aromatic nitrogens is 2. The number of anilines is 3. The predicted octanol–water partition coefficient (Wildman–Crippen LogP) is 16.8. The molecule has 304 valence electrons. The van der Waals surface area contributed by atoms with Crippen molar-refractivity contribution in [3.63, 3.8) is 0 Å². The van der Waals surface area contributed by atoms with Crippen LogP contribution in [0.3, 0.4) is 0 Å². The zero-order valence-corrected chi connectivity index (χ0v) is 35.0. The van der Waals surface area contributed by atoms with Crippen molar-refractivity contribution in [1.29, 1.82) is 0 Å². The quantitative estimate of drug-likeness (QED) is 0.168. The molecular weight excluding hydrogens is 795 g/mol. The highest BCUT2D eigenvalue weighted by molar-refractivity contribution is 6.13. The van der Waals surface area contributed by atoms with Crippen molar-refractivity contribution in [2.45, 2.75) is 0 Å². The molecule has 0 atom stereocenters. The molecule has 65 heavy (non-hydrogen) atoms. The third-order valence-electron chi connectivity index (χ3n) is 13.3. The maximum Gasteiger partial charge on any atom is 0.137 e. The summed E-state index contributed by atoms with van der Waals surface area (Å²) in [5, 5.41) is 9.26. The van der Waals surface area contributed by atoms with Crippen molar-refractivity contribution >= 4 is 105 Å². The number of furan rings is 2. The molecule has 0 spiro atoms. The first-order chi connectivity index (χ1) is 32.2. The molecule has 0 amide bonds. The summed E-state index contributed by atoms with van der Waals surface area (Å²) >= 11 is 0. The summed E-state index contributed by atoms with van der Waals surface area (Å²) in [5.41, 5.74) is 15.6. The van der Waals surface area contributed by atoms with Gasteiger partial charge in [0.05, 0.1) is 22.1 Å². The average Bonchev–Trinajstić information content (AvgIpc) is 4.11. The van der Waals surface area contributed by atoms with E-state index in [9.17, 15) is 0 Å². The van der Waals surface area contributed by atoms with Gasteiger partial charge in [-0.2, -0.15) is 0 Å². The Bertz CT molecular complexity index is 3850. The normalized spacial score (nSPS) is 12.0. The van der Waals surface area contributed by atoms with E-state index < -0.39 is 0 Å². The molecule has 5 nitrogen and oxygen atoms in total. The Kier molecular flexibility index (Phi) is 7.62. The molecule has 0 aliphatic heterocycles. The Hall–Kier alpha value is -8.80. The molecule has 14 aromatic rings. The van der Waals surface area contributed by atoms with E-state index in [4.69, 9.17) is 8.83 Å². The molecule has 0 unspecified atom stereocenters. The molecule has 0 aliphatic rings. The van der Waals surface area contributed by atoms with Crippen LogP contribution in [0.4, 0.5) is 17.1 Å². The molecule has 0 fully saturated rings. The van der Waals surface area contributed by atoms with Gasteiger partial charge in [0.1, 0.15) is 22.3 Å². The number of hydrogen-bond donors (Lipinski definition) is 0. The van der Waals surface area contributed by atoms with Crippen LogP contribution in [0.15, 0.2) is 233 Å². The number of nitrogens with zero attached hydrogens (tertiary/aromatic N) is 3. The number of hydrogen-bond acceptors (Lipinski definition) is 3. The summed E-state index contributed by atoms with van der Waals surface area (Å²) in [6.45, 7) is 0. The van der Waals surface area contributed by atoms with Crippen molar-refractivity contribution in [3.8, 4) is 22.5 Å². The molecule has 4 aromatic heterocycles. The van der Waals surface area contributed by atoms with Crippen LogP contribution < -0.4 is 4.90 Å². The Morgan fingerprint density at radius 1 is 0.262 bits per heavy atom. The summed E-state index contributed by atoms with van der Waals surface area (Å²) < 4.78 is 18.1. The topological polar surface area (TPSA) is 39.4 Å². The maximum absolute atomic E-state index is 6.69. The minimum absolute atomic E-state index is 0.824. The van der Waals surface area contributed by atoms with E-state index >= 15 is 0 Å². The van der Waals surface area contributed by atoms with Crippen molar-refractivity contribution in [2.24, 2.45) is 0 Å². The Morgan fingerprint density at radius 2 is 0.646 bits per heavy atom. The zero-order chi connectivity index (χ0) is 42.6. The standard InChI is InChI=1S/C60H37N3O2/c1-2-12-38(13-3-1)39-22-24-40(25-23-39)61(43-26-30-49-51-34-41(28-32-57(51)64-59(49)36-43)62-53-18-8-4-14-45(53)46-15-5-9-19-54(46)62)44-27-31-50-52-35-42(29-33-58(52)65-60(50)37-44)63-55-20-10-6-16-47(55)48-17-7-11-21-56(48)63/h1-37H. The monoisotopic (exact) mass is 831 g/mol. The summed E-state index contributed by atoms with van der Waals surface area (Å²) in [4.78, 5) is 2.29. The third kappa shape index (κ3) is 5.46. The van der Waals surface area contributed by atoms with E-state index in [1.807, 2.05) is 0 Å². The highest BCUT2D eigenvalue weighted by atomic mass is 16.3. The molecule has 0 saturated carbocycles. The van der Waals surface area contributed by atoms with Gasteiger partial charge >= 0.3 is 0 Å². The summed E-state index contributed by atoms with van der Waals surface area (Å²) in [7, 11) is 0. The minimum Gasteiger partial charge on any atom is -0.456 e. The van der Waals surface area contributed by atoms with Crippen LogP contribution in [0.5, 0.6) is 0 Å². The van der Waals surface area contributed by atoms with Gasteiger partial charge in [-0.05, 0) is 108 Å². The van der Waals surface area contributed by atoms with Gasteiger partial charge < -0.3 is 22.9 Å². The van der Waals surface area contributed by atoms with E-state index in [-0.39, 0.29) is 0 Å². The zero-order valence-electron chi connectivity index (χ0n) is 35.0. The lowest BCUT2D eigenvalue weighted by atomic mass is 10.0. The fraction of sp³-hybridized carbons (Fsp3) is 0. The average molecular weight is 832 g/mol. The van der Waals surface area contributed by atoms with Gasteiger partial charge in [0.2, 0.25) is 0 Å². The van der Waals surface area contributed by atoms with Gasteiger partial charge in [0.15, 0.2) is 0 Å². The van der Waals surface area contributed by atoms with E-state index in [1.165, 1.54) is 49.2 Å².